The van der Waals surface area contributed by atoms with E-state index < -0.39 is 31.7 Å². The molecule has 0 radical (unpaired) electrons. The van der Waals surface area contributed by atoms with E-state index in [1.54, 1.807) is 21.8 Å². The Kier molecular flexibility index (Phi) is 11.3. The molecule has 4 aliphatic rings. The van der Waals surface area contributed by atoms with E-state index in [-0.39, 0.29) is 55.3 Å². The second-order valence-electron chi connectivity index (χ2n) is 16.9. The molecule has 1 fully saturated rings. The van der Waals surface area contributed by atoms with Crippen LogP contribution in [-0.4, -0.2) is 87.9 Å². The Labute approximate surface area is 352 Å². The first-order chi connectivity index (χ1) is 28.9. The Morgan fingerprint density at radius 2 is 1.65 bits per heavy atom. The maximum Gasteiger partial charge on any atom is 0.305 e. The van der Waals surface area contributed by atoms with E-state index in [9.17, 15) is 19.5 Å². The van der Waals surface area contributed by atoms with Crippen molar-refractivity contribution in [2.24, 2.45) is 5.92 Å². The third-order valence-corrected chi connectivity index (χ3v) is 17.6. The highest BCUT2D eigenvalue weighted by Gasteiger charge is 2.66. The molecule has 60 heavy (non-hydrogen) atoms. The molecule has 0 aromatic heterocycles. The molecule has 0 aliphatic carbocycles. The fraction of sp³-hybridized carbons (Fsp3) is 0.404. The molecule has 5 atom stereocenters. The van der Waals surface area contributed by atoms with Crippen LogP contribution < -0.4 is 24.5 Å². The number of aliphatic hydroxyl groups excluding tert-OH is 1. The summed E-state index contributed by atoms with van der Waals surface area (Å²) in [6, 6.07) is 28.7. The predicted octanol–water partition coefficient (Wildman–Crippen LogP) is 5.99. The largest absolute Gasteiger partial charge is 0.497 e. The summed E-state index contributed by atoms with van der Waals surface area (Å²) in [6.45, 7) is 7.01. The van der Waals surface area contributed by atoms with Crippen LogP contribution in [0.15, 0.2) is 91.0 Å². The summed E-state index contributed by atoms with van der Waals surface area (Å²) in [5, 5.41) is 11.7. The minimum absolute atomic E-state index is 0.0127. The van der Waals surface area contributed by atoms with Gasteiger partial charge in [0, 0.05) is 36.7 Å². The molecule has 4 aromatic rings. The minimum atomic E-state index is -2.63. The lowest BCUT2D eigenvalue weighted by atomic mass is 9.82. The van der Waals surface area contributed by atoms with E-state index in [0.29, 0.717) is 60.7 Å². The first-order valence-electron chi connectivity index (χ1n) is 20.8. The van der Waals surface area contributed by atoms with Gasteiger partial charge in [-0.2, -0.15) is 0 Å². The smallest absolute Gasteiger partial charge is 0.305 e. The highest BCUT2D eigenvalue weighted by atomic mass is 28.3. The van der Waals surface area contributed by atoms with Crippen molar-refractivity contribution in [1.29, 1.82) is 0 Å². The number of esters is 1. The van der Waals surface area contributed by atoms with Gasteiger partial charge in [0.05, 0.1) is 58.8 Å². The van der Waals surface area contributed by atoms with Gasteiger partial charge in [-0.05, 0) is 78.4 Å². The van der Waals surface area contributed by atoms with Crippen molar-refractivity contribution in [2.75, 3.05) is 43.8 Å². The van der Waals surface area contributed by atoms with E-state index in [0.717, 1.165) is 22.1 Å². The maximum atomic E-state index is 15.5. The lowest BCUT2D eigenvalue weighted by Crippen LogP contribution is -2.52. The SMILES string of the molecule is COC(=O)CCCCN1C(=O)[C@@]2(O[C@@H](CC(=O)N3Cc4ccccc4C[C@H]3CO)[C@H]([Si](C)(C)c3ccc(OC)cc3)[C@H]2C)c2cc(N3C(=O)COc4ccccc43)ccc21. The number of aliphatic hydroxyl groups is 1. The predicted molar refractivity (Wildman–Crippen MR) is 230 cm³/mol. The summed E-state index contributed by atoms with van der Waals surface area (Å²) < 4.78 is 23.5. The zero-order valence-electron chi connectivity index (χ0n) is 34.9. The summed E-state index contributed by atoms with van der Waals surface area (Å²) in [5.74, 6) is -0.0300. The number of hydrogen-bond acceptors (Lipinski definition) is 9. The lowest BCUT2D eigenvalue weighted by molar-refractivity contribution is -0.151. The van der Waals surface area contributed by atoms with Crippen molar-refractivity contribution in [1.82, 2.24) is 4.90 Å². The zero-order chi connectivity index (χ0) is 42.3. The molecule has 0 bridgehead atoms. The number of fused-ring (bicyclic) bond motifs is 4. The maximum absolute atomic E-state index is 15.5. The normalized spacial score (nSPS) is 23.3. The van der Waals surface area contributed by atoms with E-state index in [2.05, 4.69) is 32.2 Å². The van der Waals surface area contributed by atoms with Gasteiger partial charge in [-0.25, -0.2) is 0 Å². The molecule has 0 unspecified atom stereocenters. The Hall–Kier alpha value is -5.50. The number of methoxy groups -OCH3 is 2. The number of carbonyl (C=O) groups is 4. The van der Waals surface area contributed by atoms with E-state index >= 15 is 4.79 Å². The monoisotopic (exact) mass is 831 g/mol. The van der Waals surface area contributed by atoms with E-state index in [1.807, 2.05) is 78.9 Å². The molecule has 0 saturated carbocycles. The van der Waals surface area contributed by atoms with Crippen molar-refractivity contribution in [2.45, 2.75) is 82.0 Å². The lowest BCUT2D eigenvalue weighted by Gasteiger charge is -2.39. The average molecular weight is 832 g/mol. The number of unbranched alkanes of at least 4 members (excludes halogenated alkanes) is 1. The first-order valence-corrected chi connectivity index (χ1v) is 23.9. The summed E-state index contributed by atoms with van der Waals surface area (Å²) >= 11 is 0. The molecule has 314 valence electrons. The van der Waals surface area contributed by atoms with Crippen LogP contribution in [0.1, 0.15) is 49.3 Å². The van der Waals surface area contributed by atoms with Crippen LogP contribution in [0.5, 0.6) is 11.5 Å². The molecule has 13 heteroatoms. The summed E-state index contributed by atoms with van der Waals surface area (Å²) in [7, 11) is 0.369. The third kappa shape index (κ3) is 7.05. The standard InChI is InChI=1S/C47H53N3O9Si/c1-30-45(60(4,5)36-20-18-35(56-2)19-21-36)41(26-42(52)49-27-32-13-7-6-12-31(32)24-34(49)28-51)59-47(30)37-25-33(50-39-14-8-9-15-40(39)58-29-43(50)53)17-22-38(37)48(46(47)55)23-11-10-16-44(54)57-3/h6-9,12-15,17-22,25,30,34,41,45,51H,10-11,16,23-24,26-29H2,1-5H3/t30-,34+,41+,45-,47+/m1/s1. The molecular weight excluding hydrogens is 779 g/mol. The number of hydrogen-bond donors (Lipinski definition) is 1. The van der Waals surface area contributed by atoms with Crippen LogP contribution in [0.4, 0.5) is 17.1 Å². The molecule has 1 saturated heterocycles. The van der Waals surface area contributed by atoms with Crippen molar-refractivity contribution in [3.05, 3.63) is 108 Å². The van der Waals surface area contributed by atoms with Crippen LogP contribution >= 0.6 is 0 Å². The molecule has 3 amide bonds. The third-order valence-electron chi connectivity index (χ3n) is 13.3. The second kappa shape index (κ2) is 16.5. The van der Waals surface area contributed by atoms with Gasteiger partial charge in [-0.1, -0.05) is 73.7 Å². The highest BCUT2D eigenvalue weighted by Crippen LogP contribution is 2.61. The minimum Gasteiger partial charge on any atom is -0.497 e. The van der Waals surface area contributed by atoms with Crippen LogP contribution in [0, 0.1) is 5.92 Å². The fourth-order valence-electron chi connectivity index (χ4n) is 10.2. The number of para-hydroxylation sites is 2. The van der Waals surface area contributed by atoms with Gasteiger partial charge in [0.1, 0.15) is 11.5 Å². The van der Waals surface area contributed by atoms with Gasteiger partial charge < -0.3 is 33.9 Å². The number of ether oxygens (including phenoxy) is 4. The number of rotatable bonds is 12. The molecule has 1 spiro atoms. The molecule has 1 N–H and O–H groups in total. The molecule has 12 nitrogen and oxygen atoms in total. The quantitative estimate of drug-likeness (QED) is 0.104. The summed E-state index contributed by atoms with van der Waals surface area (Å²) in [4.78, 5) is 61.1. The van der Waals surface area contributed by atoms with Gasteiger partial charge >= 0.3 is 5.97 Å². The number of amides is 3. The van der Waals surface area contributed by atoms with E-state index in [1.165, 1.54) is 7.11 Å². The average Bonchev–Trinajstić information content (AvgIpc) is 3.69. The second-order valence-corrected chi connectivity index (χ2v) is 21.6. The zero-order valence-corrected chi connectivity index (χ0v) is 35.9. The Balaban J connectivity index is 1.23. The van der Waals surface area contributed by atoms with Gasteiger partial charge in [-0.15, -0.1) is 0 Å². The van der Waals surface area contributed by atoms with Gasteiger partial charge in [-0.3, -0.25) is 24.1 Å². The Bertz CT molecular complexity index is 2300. The molecule has 4 heterocycles. The summed E-state index contributed by atoms with van der Waals surface area (Å²) in [6.07, 6.45) is 1.18. The van der Waals surface area contributed by atoms with Crippen molar-refractivity contribution in [3.63, 3.8) is 0 Å². The van der Waals surface area contributed by atoms with Crippen LogP contribution in [0.3, 0.4) is 0 Å². The van der Waals surface area contributed by atoms with Gasteiger partial charge in [0.25, 0.3) is 11.8 Å². The Morgan fingerprint density at radius 1 is 0.917 bits per heavy atom. The van der Waals surface area contributed by atoms with Crippen molar-refractivity contribution < 1.29 is 43.2 Å². The fourth-order valence-corrected chi connectivity index (χ4v) is 14.2. The highest BCUT2D eigenvalue weighted by molar-refractivity contribution is 6.91. The molecule has 4 aliphatic heterocycles. The van der Waals surface area contributed by atoms with Crippen LogP contribution in [-0.2, 0) is 47.2 Å². The van der Waals surface area contributed by atoms with E-state index in [4.69, 9.17) is 18.9 Å². The van der Waals surface area contributed by atoms with Crippen LogP contribution in [0.25, 0.3) is 0 Å². The summed E-state index contributed by atoms with van der Waals surface area (Å²) in [5.41, 5.74) is 2.92. The van der Waals surface area contributed by atoms with Gasteiger partial charge in [0.15, 0.2) is 12.2 Å². The van der Waals surface area contributed by atoms with Gasteiger partial charge in [0.2, 0.25) is 5.91 Å². The number of benzene rings is 4. The number of anilines is 3. The van der Waals surface area contributed by atoms with Crippen LogP contribution in [0.2, 0.25) is 18.6 Å². The Morgan fingerprint density at radius 3 is 2.38 bits per heavy atom. The molecule has 8 rings (SSSR count). The molecular formula is C47H53N3O9Si. The molecule has 4 aromatic carbocycles. The number of carbonyl (C=O) groups excluding carboxylic acids is 4. The first kappa shape index (κ1) is 41.2. The van der Waals surface area contributed by atoms with Crippen molar-refractivity contribution >= 4 is 54.0 Å². The number of nitrogens with zero attached hydrogens (tertiary/aromatic N) is 3. The van der Waals surface area contributed by atoms with Crippen molar-refractivity contribution in [3.8, 4) is 11.5 Å². The topological polar surface area (TPSA) is 135 Å².